The fraction of sp³-hybridized carbons (Fsp3) is 1.00. The molecule has 0 aromatic carbocycles. The van der Waals surface area contributed by atoms with Crippen LogP contribution in [0.15, 0.2) is 0 Å². The third-order valence-corrected chi connectivity index (χ3v) is 6.56. The lowest BCUT2D eigenvalue weighted by Gasteiger charge is -2.42. The second-order valence-corrected chi connectivity index (χ2v) is 9.83. The minimum Gasteiger partial charge on any atom is -0.340 e. The zero-order valence-corrected chi connectivity index (χ0v) is 17.5. The van der Waals surface area contributed by atoms with Crippen molar-refractivity contribution >= 4 is 8.96 Å². The summed E-state index contributed by atoms with van der Waals surface area (Å²) in [5.74, 6) is -55.8. The lowest BCUT2D eigenvalue weighted by Crippen LogP contribution is -2.74. The first-order chi connectivity index (χ1) is 14.2. The van der Waals surface area contributed by atoms with Crippen LogP contribution < -0.4 is 4.98 Å². The molecule has 200 valence electrons. The average Bonchev–Trinajstić information content (AvgIpc) is 2.62. The van der Waals surface area contributed by atoms with Gasteiger partial charge in [-0.15, -0.1) is 0 Å². The highest BCUT2D eigenvalue weighted by Crippen LogP contribution is 2.64. The largest absolute Gasteiger partial charge is 0.460 e. The number of nitrogens with one attached hydrogen (secondary N) is 1. The van der Waals surface area contributed by atoms with E-state index in [2.05, 4.69) is 4.98 Å². The maximum Gasteiger partial charge on any atom is 0.460 e. The number of hydrogen-bond donors (Lipinski definition) is 1. The van der Waals surface area contributed by atoms with Gasteiger partial charge in [0.1, 0.15) is 8.96 Å². The molecule has 0 aliphatic rings. The monoisotopic (exact) mass is 549 g/mol. The van der Waals surface area contributed by atoms with E-state index in [1.807, 2.05) is 0 Å². The molecule has 1 N–H and O–H groups in total. The molecule has 0 aliphatic carbocycles. The first-order valence-corrected chi connectivity index (χ1v) is 11.2. The predicted octanol–water partition coefficient (Wildman–Crippen LogP) is 6.74. The molecule has 0 saturated carbocycles. The van der Waals surface area contributed by atoms with E-state index in [-0.39, 0.29) is 6.54 Å². The Morgan fingerprint density at radius 1 is 0.545 bits per heavy atom. The summed E-state index contributed by atoms with van der Waals surface area (Å²) < 4.78 is 223. The van der Waals surface area contributed by atoms with Gasteiger partial charge in [0.05, 0.1) is 0 Å². The van der Waals surface area contributed by atoms with Gasteiger partial charge in [-0.05, 0) is 19.0 Å². The van der Waals surface area contributed by atoms with Crippen molar-refractivity contribution in [2.24, 2.45) is 0 Å². The van der Waals surface area contributed by atoms with Gasteiger partial charge in [0, 0.05) is 6.42 Å². The summed E-state index contributed by atoms with van der Waals surface area (Å²) in [6, 6.07) is -1.04. The molecule has 1 unspecified atom stereocenters. The molecular weight excluding hydrogens is 533 g/mol. The van der Waals surface area contributed by atoms with Crippen LogP contribution in [0.1, 0.15) is 19.8 Å². The van der Waals surface area contributed by atoms with Crippen LogP contribution >= 0.6 is 0 Å². The Bertz CT molecular complexity index is 657. The van der Waals surface area contributed by atoms with Crippen molar-refractivity contribution in [3.63, 3.8) is 0 Å². The molecule has 0 saturated heterocycles. The molecule has 0 aromatic heterocycles. The fourth-order valence-corrected chi connectivity index (χ4v) is 4.03. The van der Waals surface area contributed by atoms with E-state index >= 15 is 0 Å². The van der Waals surface area contributed by atoms with Crippen LogP contribution in [-0.2, 0) is 0 Å². The summed E-state index contributed by atoms with van der Waals surface area (Å²) in [7, 11) is -2.58. The molecule has 1 nitrogen and oxygen atoms in total. The van der Waals surface area contributed by atoms with Gasteiger partial charge in [-0.3, -0.25) is 0 Å². The minimum absolute atomic E-state index is 0.137. The van der Waals surface area contributed by atoms with E-state index in [0.717, 1.165) is 0 Å². The zero-order chi connectivity index (χ0) is 27.1. The summed E-state index contributed by atoms with van der Waals surface area (Å²) in [6.45, 7) is 2.88. The van der Waals surface area contributed by atoms with Crippen molar-refractivity contribution in [3.8, 4) is 0 Å². The van der Waals surface area contributed by atoms with E-state index in [1.54, 1.807) is 6.92 Å². The molecule has 33 heavy (non-hydrogen) atoms. The third kappa shape index (κ3) is 5.02. The molecule has 0 amide bonds. The van der Waals surface area contributed by atoms with E-state index in [0.29, 0.717) is 6.42 Å². The van der Waals surface area contributed by atoms with Crippen LogP contribution in [0.5, 0.6) is 0 Å². The summed E-state index contributed by atoms with van der Waals surface area (Å²) in [4.78, 5) is 2.52. The number of rotatable bonds is 12. The van der Waals surface area contributed by atoms with Crippen molar-refractivity contribution in [2.75, 3.05) is 6.54 Å². The second kappa shape index (κ2) is 9.22. The summed E-state index contributed by atoms with van der Waals surface area (Å²) in [5, 5.41) is 0. The lowest BCUT2D eigenvalue weighted by atomic mass is 9.88. The van der Waals surface area contributed by atoms with Gasteiger partial charge in [0.25, 0.3) is 0 Å². The highest BCUT2D eigenvalue weighted by Gasteiger charge is 2.95. The zero-order valence-electron chi connectivity index (χ0n) is 16.3. The standard InChI is InChI=1S/C14H16F17NSi/c1-3-5-32-33(2)6-4-7(15,16)8(17,18)9(19,20)10(21,22)11(23,24)12(25,26)13(27,28)14(29,30)31/h32-33H,3-6H2,1-2H3. The molecule has 0 fully saturated rings. The van der Waals surface area contributed by atoms with Gasteiger partial charge in [-0.25, -0.2) is 0 Å². The molecule has 0 rings (SSSR count). The van der Waals surface area contributed by atoms with Crippen LogP contribution in [0.4, 0.5) is 74.6 Å². The number of hydrogen-bond acceptors (Lipinski definition) is 1. The van der Waals surface area contributed by atoms with E-state index in [1.165, 1.54) is 6.55 Å². The molecule has 0 aliphatic heterocycles. The highest BCUT2D eigenvalue weighted by molar-refractivity contribution is 6.54. The van der Waals surface area contributed by atoms with E-state index in [9.17, 15) is 74.6 Å². The Morgan fingerprint density at radius 3 is 1.21 bits per heavy atom. The molecule has 0 heterocycles. The molecule has 0 radical (unpaired) electrons. The summed E-state index contributed by atoms with van der Waals surface area (Å²) >= 11 is 0. The molecule has 19 heteroatoms. The van der Waals surface area contributed by atoms with Gasteiger partial charge in [0.2, 0.25) is 0 Å². The van der Waals surface area contributed by atoms with Gasteiger partial charge < -0.3 is 4.98 Å². The Hall–Kier alpha value is -1.01. The normalized spacial score (nSPS) is 16.8. The second-order valence-electron chi connectivity index (χ2n) is 7.04. The first kappa shape index (κ1) is 32.0. The van der Waals surface area contributed by atoms with Crippen molar-refractivity contribution in [3.05, 3.63) is 0 Å². The fourth-order valence-electron chi connectivity index (χ4n) is 2.24. The maximum atomic E-state index is 13.7. The summed E-state index contributed by atoms with van der Waals surface area (Å²) in [5.41, 5.74) is 0. The predicted molar refractivity (Wildman–Crippen MR) is 81.4 cm³/mol. The average molecular weight is 549 g/mol. The SMILES string of the molecule is CCCN[SiH](C)CCC(F)(F)C(F)(F)C(F)(F)C(F)(F)C(F)(F)C(F)(F)C(F)(F)C(F)(F)F. The van der Waals surface area contributed by atoms with Crippen molar-refractivity contribution in [2.45, 2.75) is 80.0 Å². The maximum absolute atomic E-state index is 13.7. The number of alkyl halides is 17. The lowest BCUT2D eigenvalue weighted by molar-refractivity contribution is -0.461. The highest BCUT2D eigenvalue weighted by atomic mass is 28.3. The van der Waals surface area contributed by atoms with Gasteiger partial charge in [-0.2, -0.15) is 74.6 Å². The Kier molecular flexibility index (Phi) is 8.93. The van der Waals surface area contributed by atoms with Gasteiger partial charge in [0.15, 0.2) is 0 Å². The Morgan fingerprint density at radius 2 is 0.879 bits per heavy atom. The molecule has 1 atom stereocenters. The minimum atomic E-state index is -8.58. The smallest absolute Gasteiger partial charge is 0.340 e. The van der Waals surface area contributed by atoms with Gasteiger partial charge >= 0.3 is 47.6 Å². The van der Waals surface area contributed by atoms with Crippen molar-refractivity contribution < 1.29 is 74.6 Å². The molecule has 0 aromatic rings. The topological polar surface area (TPSA) is 12.0 Å². The number of halogens is 17. The Balaban J connectivity index is 6.31. The van der Waals surface area contributed by atoms with Crippen molar-refractivity contribution in [1.29, 1.82) is 0 Å². The van der Waals surface area contributed by atoms with Crippen LogP contribution in [0.25, 0.3) is 0 Å². The first-order valence-electron chi connectivity index (χ1n) is 8.65. The van der Waals surface area contributed by atoms with E-state index < -0.39 is 69.1 Å². The van der Waals surface area contributed by atoms with Crippen LogP contribution in [0.2, 0.25) is 12.6 Å². The molecule has 0 bridgehead atoms. The van der Waals surface area contributed by atoms with Gasteiger partial charge in [-0.1, -0.05) is 13.5 Å². The third-order valence-electron chi connectivity index (χ3n) is 4.42. The Labute approximate surface area is 176 Å². The molecule has 0 spiro atoms. The van der Waals surface area contributed by atoms with E-state index in [4.69, 9.17) is 0 Å². The van der Waals surface area contributed by atoms with Crippen molar-refractivity contribution in [1.82, 2.24) is 4.98 Å². The molecular formula is C14H16F17NSi. The van der Waals surface area contributed by atoms with Crippen LogP contribution in [0, 0.1) is 0 Å². The quantitative estimate of drug-likeness (QED) is 0.210. The van der Waals surface area contributed by atoms with Crippen LogP contribution in [0.3, 0.4) is 0 Å². The summed E-state index contributed by atoms with van der Waals surface area (Å²) in [6.07, 6.45) is -9.71. The van der Waals surface area contributed by atoms with Crippen LogP contribution in [-0.4, -0.2) is 63.1 Å².